The van der Waals surface area contributed by atoms with Crippen LogP contribution in [0.2, 0.25) is 0 Å². The van der Waals surface area contributed by atoms with Gasteiger partial charge in [-0.25, -0.2) is 0 Å². The highest BCUT2D eigenvalue weighted by Gasteiger charge is 2.72. The van der Waals surface area contributed by atoms with Gasteiger partial charge in [0.25, 0.3) is 0 Å². The molecule has 2 heterocycles. The average Bonchev–Trinajstić information content (AvgIpc) is 3.01. The van der Waals surface area contributed by atoms with E-state index in [1.54, 1.807) is 30.3 Å². The van der Waals surface area contributed by atoms with Gasteiger partial charge in [-0.05, 0) is 33.4 Å². The highest BCUT2D eigenvalue weighted by Crippen LogP contribution is 2.53. The lowest BCUT2D eigenvalue weighted by Crippen LogP contribution is -2.78. The maximum Gasteiger partial charge on any atom is 0.231 e. The molecule has 3 rings (SSSR count). The molecule has 0 aliphatic carbocycles. The first-order valence-corrected chi connectivity index (χ1v) is 8.88. The van der Waals surface area contributed by atoms with E-state index in [-0.39, 0.29) is 0 Å². The molecule has 10 heteroatoms. The van der Waals surface area contributed by atoms with Gasteiger partial charge in [0, 0.05) is 13.1 Å². The van der Waals surface area contributed by atoms with Gasteiger partial charge >= 0.3 is 0 Å². The summed E-state index contributed by atoms with van der Waals surface area (Å²) in [4.78, 5) is 11.6. The van der Waals surface area contributed by atoms with Gasteiger partial charge in [0.05, 0.1) is 12.1 Å². The molecule has 0 bridgehead atoms. The number of aliphatic hydroxyl groups is 4. The summed E-state index contributed by atoms with van der Waals surface area (Å²) in [5.74, 6) is -0.592. The summed E-state index contributed by atoms with van der Waals surface area (Å²) in [6.45, 7) is 0.300. The minimum atomic E-state index is -2.69. The Morgan fingerprint density at radius 2 is 2.04 bits per heavy atom. The van der Waals surface area contributed by atoms with Gasteiger partial charge in [-0.2, -0.15) is 0 Å². The number of rotatable bonds is 3. The molecule has 8 nitrogen and oxygen atoms in total. The van der Waals surface area contributed by atoms with Crippen LogP contribution in [0.1, 0.15) is 6.92 Å². The largest absolute Gasteiger partial charge is 0.392 e. The quantitative estimate of drug-likeness (QED) is 0.425. The highest BCUT2D eigenvalue weighted by molar-refractivity contribution is 9.10. The predicted octanol–water partition coefficient (Wildman–Crippen LogP) is 0.151. The molecule has 1 amide bonds. The summed E-state index contributed by atoms with van der Waals surface area (Å²) >= 11 is 9.29. The minimum Gasteiger partial charge on any atom is -0.392 e. The molecule has 5 N–H and O–H groups in total. The number of carbonyl (C=O) groups excluding carboxylic acids is 1. The van der Waals surface area contributed by atoms with Gasteiger partial charge in [0.1, 0.15) is 6.04 Å². The number of hydrogen-bond donors (Lipinski definition) is 5. The van der Waals surface area contributed by atoms with Crippen LogP contribution in [-0.4, -0.2) is 59.4 Å². The Labute approximate surface area is 162 Å². The lowest BCUT2D eigenvalue weighted by Gasteiger charge is -2.56. The van der Waals surface area contributed by atoms with Crippen molar-refractivity contribution in [2.24, 2.45) is 0 Å². The highest BCUT2D eigenvalue weighted by atomic mass is 79.9. The molecule has 1 aromatic carbocycles. The molecule has 0 spiro atoms. The molecule has 1 aromatic heterocycles. The SMILES string of the molecule is CC(=O)N[C@@H]1[C@H](O)O[C@](Br)(CO)[C@](O)(Cl)[C@@]1(O)n1ccc2ccccc21. The van der Waals surface area contributed by atoms with Crippen molar-refractivity contribution in [3.05, 3.63) is 36.5 Å². The van der Waals surface area contributed by atoms with Crippen LogP contribution in [0.5, 0.6) is 0 Å². The van der Waals surface area contributed by atoms with Gasteiger partial charge in [0.2, 0.25) is 16.7 Å². The molecule has 1 aliphatic rings. The summed E-state index contributed by atoms with van der Waals surface area (Å²) in [7, 11) is 0. The number of halogens is 2. The van der Waals surface area contributed by atoms with Gasteiger partial charge in [-0.3, -0.25) is 4.79 Å². The lowest BCUT2D eigenvalue weighted by atomic mass is 9.88. The van der Waals surface area contributed by atoms with Crippen molar-refractivity contribution in [3.8, 4) is 0 Å². The van der Waals surface area contributed by atoms with Crippen molar-refractivity contribution in [3.63, 3.8) is 0 Å². The number of hydrogen-bond acceptors (Lipinski definition) is 6. The van der Waals surface area contributed by atoms with Crippen LogP contribution in [0.3, 0.4) is 0 Å². The second kappa shape index (κ2) is 6.45. The summed E-state index contributed by atoms with van der Waals surface area (Å²) in [6, 6.07) is 7.07. The summed E-state index contributed by atoms with van der Waals surface area (Å²) < 4.78 is 4.32. The standard InChI is InChI=1S/C16H18BrClN2O6/c1-9(22)19-12-13(23)26-14(17,8-21)16(18,25)15(12,24)20-7-6-10-4-2-3-5-11(10)20/h2-7,12-13,21,23-25H,8H2,1H3,(H,19,22)/t12-,13-,14-,15-,16-/m1/s1. The Balaban J connectivity index is 2.29. The van der Waals surface area contributed by atoms with Gasteiger partial charge in [-0.15, -0.1) is 0 Å². The number of nitrogens with zero attached hydrogens (tertiary/aromatic N) is 1. The van der Waals surface area contributed by atoms with Crippen molar-refractivity contribution in [1.29, 1.82) is 0 Å². The minimum absolute atomic E-state index is 0.478. The molecule has 0 radical (unpaired) electrons. The number of amides is 1. The second-order valence-electron chi connectivity index (χ2n) is 6.17. The van der Waals surface area contributed by atoms with Crippen molar-refractivity contribution in [1.82, 2.24) is 9.88 Å². The smallest absolute Gasteiger partial charge is 0.231 e. The van der Waals surface area contributed by atoms with E-state index in [9.17, 15) is 25.2 Å². The average molecular weight is 450 g/mol. The lowest BCUT2D eigenvalue weighted by molar-refractivity contribution is -0.337. The van der Waals surface area contributed by atoms with Crippen LogP contribution < -0.4 is 5.32 Å². The number of alkyl halides is 2. The molecule has 142 valence electrons. The third-order valence-corrected chi connectivity index (χ3v) is 6.36. The monoisotopic (exact) mass is 448 g/mol. The molecule has 0 unspecified atom stereocenters. The first kappa shape index (κ1) is 19.6. The fourth-order valence-electron chi connectivity index (χ4n) is 3.24. The van der Waals surface area contributed by atoms with E-state index in [2.05, 4.69) is 21.2 Å². The van der Waals surface area contributed by atoms with E-state index in [4.69, 9.17) is 16.3 Å². The van der Waals surface area contributed by atoms with E-state index < -0.39 is 40.1 Å². The molecule has 5 atom stereocenters. The Morgan fingerprint density at radius 1 is 1.38 bits per heavy atom. The van der Waals surface area contributed by atoms with E-state index in [0.717, 1.165) is 5.39 Å². The zero-order valence-corrected chi connectivity index (χ0v) is 16.0. The van der Waals surface area contributed by atoms with Crippen LogP contribution in [0.15, 0.2) is 36.5 Å². The van der Waals surface area contributed by atoms with Crippen LogP contribution in [0, 0.1) is 0 Å². The van der Waals surface area contributed by atoms with Crippen LogP contribution in [0.25, 0.3) is 10.9 Å². The third-order valence-electron chi connectivity index (χ3n) is 4.54. The topological polar surface area (TPSA) is 124 Å². The van der Waals surface area contributed by atoms with Crippen LogP contribution in [0.4, 0.5) is 0 Å². The summed E-state index contributed by atoms with van der Waals surface area (Å²) in [6.07, 6.45) is -0.342. The van der Waals surface area contributed by atoms with E-state index in [1.807, 2.05) is 0 Å². The fourth-order valence-corrected chi connectivity index (χ4v) is 4.04. The molecule has 2 aromatic rings. The predicted molar refractivity (Wildman–Crippen MR) is 96.4 cm³/mol. The zero-order valence-electron chi connectivity index (χ0n) is 13.6. The van der Waals surface area contributed by atoms with Crippen molar-refractivity contribution in [2.45, 2.75) is 34.6 Å². The van der Waals surface area contributed by atoms with Gasteiger partial charge in [-0.1, -0.05) is 29.8 Å². The van der Waals surface area contributed by atoms with Gasteiger partial charge in [0.15, 0.2) is 10.8 Å². The number of fused-ring (bicyclic) bond motifs is 1. The number of carbonyl (C=O) groups is 1. The molecular weight excluding hydrogens is 432 g/mol. The summed E-state index contributed by atoms with van der Waals surface area (Å²) in [5.41, 5.74) is -2.01. The first-order chi connectivity index (χ1) is 12.1. The van der Waals surface area contributed by atoms with Crippen LogP contribution in [-0.2, 0) is 15.3 Å². The molecule has 1 fully saturated rings. The first-order valence-electron chi connectivity index (χ1n) is 7.71. The van der Waals surface area contributed by atoms with Gasteiger partial charge < -0.3 is 35.0 Å². The molecule has 1 saturated heterocycles. The molecule has 1 aliphatic heterocycles. The van der Waals surface area contributed by atoms with Crippen LogP contribution >= 0.6 is 27.5 Å². The number of ether oxygens (including phenoxy) is 1. The Morgan fingerprint density at radius 3 is 2.65 bits per heavy atom. The maximum absolute atomic E-state index is 11.6. The normalized spacial score (nSPS) is 37.7. The third kappa shape index (κ3) is 2.58. The molecule has 26 heavy (non-hydrogen) atoms. The fraction of sp³-hybridized carbons (Fsp3) is 0.438. The zero-order chi connectivity index (χ0) is 19.3. The maximum atomic E-state index is 11.6. The number of aromatic nitrogens is 1. The van der Waals surface area contributed by atoms with Crippen molar-refractivity contribution in [2.75, 3.05) is 6.61 Å². The number of aliphatic hydroxyl groups excluding tert-OH is 2. The Bertz CT molecular complexity index is 845. The number of nitrogens with one attached hydrogen (secondary N) is 1. The Hall–Kier alpha value is -1.20. The van der Waals surface area contributed by atoms with E-state index in [1.165, 1.54) is 17.7 Å². The number of para-hydroxylation sites is 1. The second-order valence-corrected chi connectivity index (χ2v) is 7.99. The molecule has 0 saturated carbocycles. The Kier molecular flexibility index (Phi) is 4.85. The van der Waals surface area contributed by atoms with Crippen molar-refractivity contribution >= 4 is 44.3 Å². The van der Waals surface area contributed by atoms with Crippen molar-refractivity contribution < 1.29 is 30.0 Å². The number of benzene rings is 1. The summed E-state index contributed by atoms with van der Waals surface area (Å²) in [5, 5.41) is 43.1. The van der Waals surface area contributed by atoms with E-state index >= 15 is 0 Å². The van der Waals surface area contributed by atoms with E-state index in [0.29, 0.717) is 5.52 Å². The molecular formula is C16H18BrClN2O6.